The topological polar surface area (TPSA) is 96.7 Å². The molecule has 2 N–H and O–H groups in total. The summed E-state index contributed by atoms with van der Waals surface area (Å²) in [5.41, 5.74) is 2.97. The minimum atomic E-state index is -0.395. The van der Waals surface area contributed by atoms with Crippen LogP contribution in [0.15, 0.2) is 54.7 Å². The summed E-state index contributed by atoms with van der Waals surface area (Å²) in [4.78, 5) is 22.9. The van der Waals surface area contributed by atoms with Crippen LogP contribution >= 0.6 is 0 Å². The van der Waals surface area contributed by atoms with Crippen molar-refractivity contribution in [3.05, 3.63) is 70.7 Å². The third kappa shape index (κ3) is 2.41. The summed E-state index contributed by atoms with van der Waals surface area (Å²) in [5, 5.41) is 15.2. The lowest BCUT2D eigenvalue weighted by atomic mass is 10.1. The number of fused-ring (bicyclic) bond motifs is 2. The maximum atomic E-state index is 11.3. The van der Waals surface area contributed by atoms with Crippen molar-refractivity contribution in [1.82, 2.24) is 15.0 Å². The van der Waals surface area contributed by atoms with Gasteiger partial charge in [-0.25, -0.2) is 4.98 Å². The Kier molecular flexibility index (Phi) is 3.31. The van der Waals surface area contributed by atoms with Gasteiger partial charge in [0, 0.05) is 17.6 Å². The number of para-hydroxylation sites is 2. The van der Waals surface area contributed by atoms with E-state index < -0.39 is 4.92 Å². The van der Waals surface area contributed by atoms with Crippen LogP contribution in [0.25, 0.3) is 21.9 Å². The van der Waals surface area contributed by atoms with Crippen LogP contribution in [-0.4, -0.2) is 19.9 Å². The van der Waals surface area contributed by atoms with Crippen LogP contribution in [0.2, 0.25) is 0 Å². The number of hydrogen-bond acceptors (Lipinski definition) is 5. The molecule has 0 atom stereocenters. The Labute approximate surface area is 136 Å². The van der Waals surface area contributed by atoms with E-state index in [1.165, 1.54) is 6.07 Å². The molecule has 0 aliphatic heterocycles. The van der Waals surface area contributed by atoms with Gasteiger partial charge in [0.25, 0.3) is 5.69 Å². The first-order valence-corrected chi connectivity index (χ1v) is 7.42. The van der Waals surface area contributed by atoms with Crippen molar-refractivity contribution in [2.24, 2.45) is 0 Å². The highest BCUT2D eigenvalue weighted by Gasteiger charge is 2.17. The van der Waals surface area contributed by atoms with Crippen molar-refractivity contribution in [2.75, 3.05) is 5.32 Å². The summed E-state index contributed by atoms with van der Waals surface area (Å²) in [5.74, 6) is 0.714. The van der Waals surface area contributed by atoms with E-state index in [2.05, 4.69) is 20.3 Å². The van der Waals surface area contributed by atoms with Gasteiger partial charge >= 0.3 is 0 Å². The summed E-state index contributed by atoms with van der Waals surface area (Å²) in [6.45, 7) is 0.351. The van der Waals surface area contributed by atoms with Gasteiger partial charge in [0.15, 0.2) is 0 Å². The molecule has 7 nitrogen and oxygen atoms in total. The second kappa shape index (κ2) is 5.62. The normalized spacial score (nSPS) is 11.0. The van der Waals surface area contributed by atoms with Crippen LogP contribution in [0.5, 0.6) is 0 Å². The van der Waals surface area contributed by atoms with Crippen LogP contribution in [0, 0.1) is 10.1 Å². The molecular formula is C17H13N5O2. The molecule has 0 spiro atoms. The number of hydrogen-bond donors (Lipinski definition) is 2. The van der Waals surface area contributed by atoms with Crippen LogP contribution in [0.3, 0.4) is 0 Å². The van der Waals surface area contributed by atoms with E-state index >= 15 is 0 Å². The van der Waals surface area contributed by atoms with Crippen molar-refractivity contribution in [2.45, 2.75) is 6.54 Å². The van der Waals surface area contributed by atoms with Gasteiger partial charge in [-0.1, -0.05) is 12.1 Å². The number of aromatic amines is 1. The lowest BCUT2D eigenvalue weighted by molar-refractivity contribution is -0.383. The average molecular weight is 319 g/mol. The Morgan fingerprint density at radius 3 is 2.79 bits per heavy atom. The van der Waals surface area contributed by atoms with Gasteiger partial charge < -0.3 is 10.3 Å². The Bertz CT molecular complexity index is 1020. The zero-order chi connectivity index (χ0) is 16.5. The molecule has 0 amide bonds. The summed E-state index contributed by atoms with van der Waals surface area (Å²) in [7, 11) is 0. The molecule has 24 heavy (non-hydrogen) atoms. The summed E-state index contributed by atoms with van der Waals surface area (Å²) in [6, 6.07) is 14.4. The van der Waals surface area contributed by atoms with E-state index in [4.69, 9.17) is 0 Å². The highest BCUT2D eigenvalue weighted by molar-refractivity contribution is 5.96. The fourth-order valence-corrected chi connectivity index (χ4v) is 2.74. The minimum Gasteiger partial charge on any atom is -0.372 e. The van der Waals surface area contributed by atoms with Gasteiger partial charge in [-0.05, 0) is 30.3 Å². The molecule has 0 saturated carbocycles. The highest BCUT2D eigenvalue weighted by Crippen LogP contribution is 2.32. The van der Waals surface area contributed by atoms with Crippen molar-refractivity contribution < 1.29 is 4.92 Å². The Hall–Kier alpha value is -3.48. The Balaban J connectivity index is 1.72. The zero-order valence-electron chi connectivity index (χ0n) is 12.6. The lowest BCUT2D eigenvalue weighted by Gasteiger charge is -2.08. The molecule has 2 heterocycles. The van der Waals surface area contributed by atoms with Gasteiger partial charge in [0.1, 0.15) is 11.5 Å². The molecule has 4 aromatic rings. The number of rotatable bonds is 4. The van der Waals surface area contributed by atoms with Crippen LogP contribution in [-0.2, 0) is 6.54 Å². The largest absolute Gasteiger partial charge is 0.372 e. The van der Waals surface area contributed by atoms with Crippen LogP contribution in [0.1, 0.15) is 5.82 Å². The third-order valence-corrected chi connectivity index (χ3v) is 3.83. The highest BCUT2D eigenvalue weighted by atomic mass is 16.6. The number of benzene rings is 2. The molecule has 0 saturated heterocycles. The van der Waals surface area contributed by atoms with E-state index in [9.17, 15) is 10.1 Å². The smallest absolute Gasteiger partial charge is 0.293 e. The van der Waals surface area contributed by atoms with Crippen LogP contribution in [0.4, 0.5) is 11.4 Å². The van der Waals surface area contributed by atoms with E-state index in [0.717, 1.165) is 11.0 Å². The van der Waals surface area contributed by atoms with Crippen LogP contribution < -0.4 is 5.32 Å². The maximum absolute atomic E-state index is 11.3. The summed E-state index contributed by atoms with van der Waals surface area (Å²) in [6.07, 6.45) is 1.66. The van der Waals surface area contributed by atoms with E-state index in [-0.39, 0.29) is 5.69 Å². The van der Waals surface area contributed by atoms with Crippen molar-refractivity contribution >= 4 is 33.3 Å². The second-order valence-electron chi connectivity index (χ2n) is 5.34. The molecule has 0 fully saturated rings. The lowest BCUT2D eigenvalue weighted by Crippen LogP contribution is -2.05. The van der Waals surface area contributed by atoms with Gasteiger partial charge in [-0.3, -0.25) is 15.1 Å². The first kappa shape index (κ1) is 14.1. The van der Waals surface area contributed by atoms with E-state index in [1.54, 1.807) is 18.3 Å². The molecular weight excluding hydrogens is 306 g/mol. The molecule has 0 bridgehead atoms. The first-order valence-electron chi connectivity index (χ1n) is 7.42. The van der Waals surface area contributed by atoms with Crippen molar-refractivity contribution in [3.63, 3.8) is 0 Å². The Morgan fingerprint density at radius 2 is 1.96 bits per heavy atom. The van der Waals surface area contributed by atoms with E-state index in [0.29, 0.717) is 29.0 Å². The van der Waals surface area contributed by atoms with Gasteiger partial charge in [-0.2, -0.15) is 0 Å². The molecule has 0 radical (unpaired) electrons. The maximum Gasteiger partial charge on any atom is 0.293 e. The molecule has 7 heteroatoms. The number of nitrogens with zero attached hydrogens (tertiary/aromatic N) is 3. The standard InChI is InChI=1S/C17H13N5O2/c23-22(24)15-8-7-12-11(4-3-9-18-12)17(15)19-10-16-20-13-5-1-2-6-14(13)21-16/h1-9,19H,10H2,(H,20,21). The molecule has 4 rings (SSSR count). The number of nitrogens with one attached hydrogen (secondary N) is 2. The van der Waals surface area contributed by atoms with Gasteiger partial charge in [0.05, 0.1) is 28.0 Å². The van der Waals surface area contributed by atoms with E-state index in [1.807, 2.05) is 30.3 Å². The fraction of sp³-hybridized carbons (Fsp3) is 0.0588. The first-order chi connectivity index (χ1) is 11.7. The minimum absolute atomic E-state index is 0.0200. The summed E-state index contributed by atoms with van der Waals surface area (Å²) < 4.78 is 0. The quantitative estimate of drug-likeness (QED) is 0.442. The molecule has 0 aliphatic carbocycles. The molecule has 0 aliphatic rings. The predicted octanol–water partition coefficient (Wildman–Crippen LogP) is 3.63. The Morgan fingerprint density at radius 1 is 1.08 bits per heavy atom. The SMILES string of the molecule is O=[N+]([O-])c1ccc2ncccc2c1NCc1nc2ccccc2[nH]1. The number of anilines is 1. The van der Waals surface area contributed by atoms with Crippen molar-refractivity contribution in [3.8, 4) is 0 Å². The average Bonchev–Trinajstić information content (AvgIpc) is 3.02. The number of imidazole rings is 1. The number of H-pyrrole nitrogens is 1. The number of nitro benzene ring substituents is 1. The van der Waals surface area contributed by atoms with Crippen molar-refractivity contribution in [1.29, 1.82) is 0 Å². The van der Waals surface area contributed by atoms with Gasteiger partial charge in [-0.15, -0.1) is 0 Å². The molecule has 118 valence electrons. The summed E-state index contributed by atoms with van der Waals surface area (Å²) >= 11 is 0. The second-order valence-corrected chi connectivity index (χ2v) is 5.34. The number of aromatic nitrogens is 3. The third-order valence-electron chi connectivity index (χ3n) is 3.83. The monoisotopic (exact) mass is 319 g/mol. The fourth-order valence-electron chi connectivity index (χ4n) is 2.74. The van der Waals surface area contributed by atoms with Gasteiger partial charge in [0.2, 0.25) is 0 Å². The number of nitro groups is 1. The molecule has 2 aromatic heterocycles. The zero-order valence-corrected chi connectivity index (χ0v) is 12.6. The molecule has 2 aromatic carbocycles. The molecule has 0 unspecified atom stereocenters. The number of pyridine rings is 1. The predicted molar refractivity (Wildman–Crippen MR) is 91.8 cm³/mol.